The number of anilines is 1. The zero-order chi connectivity index (χ0) is 14.5. The van der Waals surface area contributed by atoms with Crippen molar-refractivity contribution in [2.24, 2.45) is 0 Å². The predicted octanol–water partition coefficient (Wildman–Crippen LogP) is 1.28. The molecule has 3 N–H and O–H groups in total. The number of nitrogens with one attached hydrogen (secondary N) is 2. The molecule has 0 atom stereocenters. The third kappa shape index (κ3) is 3.80. The van der Waals surface area contributed by atoms with Gasteiger partial charge in [-0.05, 0) is 18.2 Å². The van der Waals surface area contributed by atoms with Crippen LogP contribution in [0.3, 0.4) is 0 Å². The Balaban J connectivity index is 3.23. The molecule has 0 radical (unpaired) electrons. The Morgan fingerprint density at radius 3 is 2.68 bits per heavy atom. The Kier molecular flexibility index (Phi) is 5.08. The van der Waals surface area contributed by atoms with Gasteiger partial charge < -0.3 is 10.4 Å². The van der Waals surface area contributed by atoms with Crippen molar-refractivity contribution in [1.82, 2.24) is 4.72 Å². The molecule has 0 aliphatic rings. The van der Waals surface area contributed by atoms with Gasteiger partial charge in [-0.3, -0.25) is 0 Å². The van der Waals surface area contributed by atoms with Crippen molar-refractivity contribution in [2.75, 3.05) is 18.4 Å². The summed E-state index contributed by atoms with van der Waals surface area (Å²) in [6.07, 6.45) is 1.58. The van der Waals surface area contributed by atoms with Crippen molar-refractivity contribution >= 4 is 21.7 Å². The molecule has 7 heteroatoms. The summed E-state index contributed by atoms with van der Waals surface area (Å²) in [6, 6.07) is 3.92. The standard InChI is InChI=1S/C12H16N2O4S/c1-3-7-13-11-6-5-9(8-10(11)12(15)16)19(17,18)14-4-2/h3,5-6,8,13-14H,1,4,7H2,2H3,(H,15,16). The van der Waals surface area contributed by atoms with Gasteiger partial charge in [-0.25, -0.2) is 17.9 Å². The van der Waals surface area contributed by atoms with Gasteiger partial charge in [0, 0.05) is 18.8 Å². The van der Waals surface area contributed by atoms with Crippen LogP contribution in [0.4, 0.5) is 5.69 Å². The smallest absolute Gasteiger partial charge is 0.337 e. The molecule has 6 nitrogen and oxygen atoms in total. The monoisotopic (exact) mass is 284 g/mol. The number of rotatable bonds is 7. The molecule has 0 unspecified atom stereocenters. The molecule has 0 aliphatic carbocycles. The van der Waals surface area contributed by atoms with Crippen LogP contribution in [-0.4, -0.2) is 32.6 Å². The summed E-state index contributed by atoms with van der Waals surface area (Å²) in [5.41, 5.74) is 0.253. The van der Waals surface area contributed by atoms with E-state index in [2.05, 4.69) is 16.6 Å². The minimum Gasteiger partial charge on any atom is -0.478 e. The average molecular weight is 284 g/mol. The second kappa shape index (κ2) is 6.35. The number of benzene rings is 1. The highest BCUT2D eigenvalue weighted by Crippen LogP contribution is 2.20. The normalized spacial score (nSPS) is 11.0. The van der Waals surface area contributed by atoms with Crippen LogP contribution in [0.15, 0.2) is 35.7 Å². The minimum absolute atomic E-state index is 0.0732. The van der Waals surface area contributed by atoms with Crippen LogP contribution in [0.5, 0.6) is 0 Å². The minimum atomic E-state index is -3.66. The second-order valence-electron chi connectivity index (χ2n) is 3.68. The fourth-order valence-electron chi connectivity index (χ4n) is 1.48. The van der Waals surface area contributed by atoms with E-state index in [4.69, 9.17) is 5.11 Å². The quantitative estimate of drug-likeness (QED) is 0.656. The fraction of sp³-hybridized carbons (Fsp3) is 0.250. The van der Waals surface area contributed by atoms with Crippen molar-refractivity contribution in [2.45, 2.75) is 11.8 Å². The molecule has 0 bridgehead atoms. The lowest BCUT2D eigenvalue weighted by Gasteiger charge is -2.10. The van der Waals surface area contributed by atoms with E-state index in [1.165, 1.54) is 12.1 Å². The largest absolute Gasteiger partial charge is 0.478 e. The van der Waals surface area contributed by atoms with Gasteiger partial charge in [0.25, 0.3) is 0 Å². The van der Waals surface area contributed by atoms with Gasteiger partial charge in [-0.15, -0.1) is 6.58 Å². The third-order valence-electron chi connectivity index (χ3n) is 2.30. The van der Waals surface area contributed by atoms with Gasteiger partial charge in [0.1, 0.15) is 0 Å². The van der Waals surface area contributed by atoms with Gasteiger partial charge >= 0.3 is 5.97 Å². The van der Waals surface area contributed by atoms with E-state index in [1.54, 1.807) is 13.0 Å². The molecule has 0 amide bonds. The molecular weight excluding hydrogens is 268 g/mol. The molecule has 1 rings (SSSR count). The summed E-state index contributed by atoms with van der Waals surface area (Å²) in [4.78, 5) is 11.1. The Bertz CT molecular complexity index is 581. The highest BCUT2D eigenvalue weighted by molar-refractivity contribution is 7.89. The molecule has 0 saturated carbocycles. The van der Waals surface area contributed by atoms with Gasteiger partial charge in [0.15, 0.2) is 0 Å². The maximum Gasteiger partial charge on any atom is 0.337 e. The number of carboxylic acid groups (broad SMARTS) is 1. The van der Waals surface area contributed by atoms with Gasteiger partial charge in [0.05, 0.1) is 10.5 Å². The highest BCUT2D eigenvalue weighted by atomic mass is 32.2. The van der Waals surface area contributed by atoms with Crippen molar-refractivity contribution in [1.29, 1.82) is 0 Å². The molecule has 0 spiro atoms. The molecule has 0 saturated heterocycles. The van der Waals surface area contributed by atoms with Crippen molar-refractivity contribution < 1.29 is 18.3 Å². The van der Waals surface area contributed by atoms with E-state index < -0.39 is 16.0 Å². The van der Waals surface area contributed by atoms with E-state index in [0.29, 0.717) is 12.2 Å². The Morgan fingerprint density at radius 1 is 1.47 bits per heavy atom. The maximum absolute atomic E-state index is 11.8. The summed E-state index contributed by atoms with van der Waals surface area (Å²) in [7, 11) is -3.66. The maximum atomic E-state index is 11.8. The average Bonchev–Trinajstić information content (AvgIpc) is 2.35. The number of carboxylic acids is 1. The first-order valence-corrected chi connectivity index (χ1v) is 7.12. The number of aromatic carboxylic acids is 1. The van der Waals surface area contributed by atoms with Crippen LogP contribution in [-0.2, 0) is 10.0 Å². The zero-order valence-electron chi connectivity index (χ0n) is 10.5. The van der Waals surface area contributed by atoms with Crippen LogP contribution in [0.1, 0.15) is 17.3 Å². The number of carbonyl (C=O) groups is 1. The molecule has 1 aromatic carbocycles. The Labute approximate surface area is 112 Å². The van der Waals surface area contributed by atoms with E-state index in [-0.39, 0.29) is 17.0 Å². The van der Waals surface area contributed by atoms with Crippen molar-refractivity contribution in [3.05, 3.63) is 36.4 Å². The first kappa shape index (κ1) is 15.2. The first-order chi connectivity index (χ1) is 8.92. The first-order valence-electron chi connectivity index (χ1n) is 5.64. The molecule has 1 aromatic rings. The summed E-state index contributed by atoms with van der Waals surface area (Å²) in [5, 5.41) is 11.9. The van der Waals surface area contributed by atoms with Crippen LogP contribution in [0.2, 0.25) is 0 Å². The van der Waals surface area contributed by atoms with E-state index >= 15 is 0 Å². The third-order valence-corrected chi connectivity index (χ3v) is 3.85. The van der Waals surface area contributed by atoms with Gasteiger partial charge in [-0.1, -0.05) is 13.0 Å². The summed E-state index contributed by atoms with van der Waals surface area (Å²) < 4.78 is 25.9. The van der Waals surface area contributed by atoms with Gasteiger partial charge in [-0.2, -0.15) is 0 Å². The highest BCUT2D eigenvalue weighted by Gasteiger charge is 2.17. The SMILES string of the molecule is C=CCNc1ccc(S(=O)(=O)NCC)cc1C(=O)O. The summed E-state index contributed by atoms with van der Waals surface area (Å²) in [5.74, 6) is -1.19. The van der Waals surface area contributed by atoms with Crippen molar-refractivity contribution in [3.8, 4) is 0 Å². The number of sulfonamides is 1. The molecule has 104 valence electrons. The molecular formula is C12H16N2O4S. The molecule has 0 aromatic heterocycles. The lowest BCUT2D eigenvalue weighted by atomic mass is 10.2. The van der Waals surface area contributed by atoms with Crippen LogP contribution in [0.25, 0.3) is 0 Å². The van der Waals surface area contributed by atoms with E-state index in [1.807, 2.05) is 0 Å². The van der Waals surface area contributed by atoms with Crippen LogP contribution in [0, 0.1) is 0 Å². The second-order valence-corrected chi connectivity index (χ2v) is 5.45. The molecule has 19 heavy (non-hydrogen) atoms. The van der Waals surface area contributed by atoms with Gasteiger partial charge in [0.2, 0.25) is 10.0 Å². The molecule has 0 aliphatic heterocycles. The molecule has 0 heterocycles. The van der Waals surface area contributed by atoms with E-state index in [0.717, 1.165) is 6.07 Å². The fourth-order valence-corrected chi connectivity index (χ4v) is 2.54. The van der Waals surface area contributed by atoms with Crippen LogP contribution >= 0.6 is 0 Å². The van der Waals surface area contributed by atoms with Crippen LogP contribution < -0.4 is 10.0 Å². The lowest BCUT2D eigenvalue weighted by Crippen LogP contribution is -2.23. The zero-order valence-corrected chi connectivity index (χ0v) is 11.3. The Morgan fingerprint density at radius 2 is 2.16 bits per heavy atom. The van der Waals surface area contributed by atoms with Crippen molar-refractivity contribution in [3.63, 3.8) is 0 Å². The lowest BCUT2D eigenvalue weighted by molar-refractivity contribution is 0.0697. The number of hydrogen-bond acceptors (Lipinski definition) is 4. The topological polar surface area (TPSA) is 95.5 Å². The number of hydrogen-bond donors (Lipinski definition) is 3. The Hall–Kier alpha value is -1.86. The summed E-state index contributed by atoms with van der Waals surface area (Å²) in [6.45, 7) is 5.79. The van der Waals surface area contributed by atoms with E-state index in [9.17, 15) is 13.2 Å². The summed E-state index contributed by atoms with van der Waals surface area (Å²) >= 11 is 0. The predicted molar refractivity (Wildman–Crippen MR) is 73.0 cm³/mol. The molecule has 0 fully saturated rings.